The van der Waals surface area contributed by atoms with Crippen molar-refractivity contribution in [3.63, 3.8) is 0 Å². The van der Waals surface area contributed by atoms with Crippen molar-refractivity contribution in [1.82, 2.24) is 10.2 Å². The van der Waals surface area contributed by atoms with Crippen molar-refractivity contribution in [2.24, 2.45) is 5.92 Å². The topological polar surface area (TPSA) is 52.6 Å². The number of aliphatic hydroxyl groups is 1. The summed E-state index contributed by atoms with van der Waals surface area (Å²) < 4.78 is 0. The van der Waals surface area contributed by atoms with Crippen LogP contribution in [-0.2, 0) is 6.42 Å². The SMILES string of the molecule is CC(C)CNCC(O)CN1CCCc2ccccc2C1=O. The molecule has 4 nitrogen and oxygen atoms in total. The number of hydrogen-bond acceptors (Lipinski definition) is 3. The zero-order chi connectivity index (χ0) is 15.2. The first-order valence-electron chi connectivity index (χ1n) is 7.84. The van der Waals surface area contributed by atoms with E-state index in [0.717, 1.165) is 37.1 Å². The number of aryl methyl sites for hydroxylation is 1. The molecule has 0 aromatic heterocycles. The highest BCUT2D eigenvalue weighted by molar-refractivity contribution is 5.96. The first-order valence-corrected chi connectivity index (χ1v) is 7.84. The first-order chi connectivity index (χ1) is 10.1. The number of hydrogen-bond donors (Lipinski definition) is 2. The van der Waals surface area contributed by atoms with Crippen molar-refractivity contribution < 1.29 is 9.90 Å². The second-order valence-electron chi connectivity index (χ2n) is 6.22. The van der Waals surface area contributed by atoms with Gasteiger partial charge in [-0.05, 0) is 36.9 Å². The van der Waals surface area contributed by atoms with Crippen LogP contribution in [0.15, 0.2) is 24.3 Å². The highest BCUT2D eigenvalue weighted by atomic mass is 16.3. The molecule has 0 spiro atoms. The number of nitrogens with zero attached hydrogens (tertiary/aromatic N) is 1. The fourth-order valence-electron chi connectivity index (χ4n) is 2.71. The van der Waals surface area contributed by atoms with E-state index in [1.165, 1.54) is 0 Å². The Labute approximate surface area is 127 Å². The van der Waals surface area contributed by atoms with Gasteiger partial charge in [0, 0.05) is 25.2 Å². The van der Waals surface area contributed by atoms with E-state index in [2.05, 4.69) is 19.2 Å². The van der Waals surface area contributed by atoms with Gasteiger partial charge in [-0.15, -0.1) is 0 Å². The Hall–Kier alpha value is -1.39. The van der Waals surface area contributed by atoms with Crippen molar-refractivity contribution in [2.75, 3.05) is 26.2 Å². The van der Waals surface area contributed by atoms with Crippen LogP contribution in [0.4, 0.5) is 0 Å². The number of β-amino-alcohol motifs (C(OH)–C–C–N with tert-alkyl or cyclic N) is 1. The minimum Gasteiger partial charge on any atom is -0.390 e. The van der Waals surface area contributed by atoms with E-state index in [1.54, 1.807) is 4.90 Å². The number of carbonyl (C=O) groups is 1. The molecule has 1 aliphatic rings. The van der Waals surface area contributed by atoms with Crippen LogP contribution in [0.25, 0.3) is 0 Å². The van der Waals surface area contributed by atoms with E-state index in [4.69, 9.17) is 0 Å². The number of fused-ring (bicyclic) bond motifs is 1. The van der Waals surface area contributed by atoms with Crippen LogP contribution >= 0.6 is 0 Å². The molecule has 1 aliphatic heterocycles. The van der Waals surface area contributed by atoms with Crippen LogP contribution in [0.2, 0.25) is 0 Å². The molecule has 1 aromatic rings. The lowest BCUT2D eigenvalue weighted by molar-refractivity contribution is 0.0627. The molecule has 2 rings (SSSR count). The Balaban J connectivity index is 1.93. The van der Waals surface area contributed by atoms with Crippen molar-refractivity contribution in [3.05, 3.63) is 35.4 Å². The summed E-state index contributed by atoms with van der Waals surface area (Å²) in [6.45, 7) is 6.80. The second-order valence-corrected chi connectivity index (χ2v) is 6.22. The van der Waals surface area contributed by atoms with Crippen molar-refractivity contribution >= 4 is 5.91 Å². The fourth-order valence-corrected chi connectivity index (χ4v) is 2.71. The quantitative estimate of drug-likeness (QED) is 0.838. The van der Waals surface area contributed by atoms with Gasteiger partial charge in [0.25, 0.3) is 5.91 Å². The Kier molecular flexibility index (Phi) is 5.76. The molecule has 2 N–H and O–H groups in total. The number of carbonyl (C=O) groups excluding carboxylic acids is 1. The lowest BCUT2D eigenvalue weighted by Crippen LogP contribution is -2.42. The van der Waals surface area contributed by atoms with Crippen molar-refractivity contribution in [2.45, 2.75) is 32.8 Å². The normalized spacial score (nSPS) is 16.8. The smallest absolute Gasteiger partial charge is 0.254 e. The minimum absolute atomic E-state index is 0.0472. The minimum atomic E-state index is -0.516. The van der Waals surface area contributed by atoms with Crippen molar-refractivity contribution in [3.8, 4) is 0 Å². The third-order valence-corrected chi connectivity index (χ3v) is 3.77. The highest BCUT2D eigenvalue weighted by Gasteiger charge is 2.23. The summed E-state index contributed by atoms with van der Waals surface area (Å²) in [4.78, 5) is 14.3. The van der Waals surface area contributed by atoms with E-state index < -0.39 is 6.10 Å². The molecule has 4 heteroatoms. The highest BCUT2D eigenvalue weighted by Crippen LogP contribution is 2.18. The molecule has 1 amide bonds. The molecule has 0 fully saturated rings. The molecule has 1 unspecified atom stereocenters. The maximum Gasteiger partial charge on any atom is 0.254 e. The molecule has 21 heavy (non-hydrogen) atoms. The van der Waals surface area contributed by atoms with Crippen LogP contribution in [-0.4, -0.2) is 48.2 Å². The molecular weight excluding hydrogens is 264 g/mol. The Morgan fingerprint density at radius 1 is 1.29 bits per heavy atom. The Morgan fingerprint density at radius 3 is 2.81 bits per heavy atom. The van der Waals surface area contributed by atoms with Gasteiger partial charge in [-0.2, -0.15) is 0 Å². The maximum atomic E-state index is 12.5. The molecule has 1 atom stereocenters. The third kappa shape index (κ3) is 4.55. The van der Waals surface area contributed by atoms with E-state index in [-0.39, 0.29) is 5.91 Å². The number of aliphatic hydroxyl groups excluding tert-OH is 1. The predicted molar refractivity (Wildman–Crippen MR) is 84.4 cm³/mol. The summed E-state index contributed by atoms with van der Waals surface area (Å²) in [6.07, 6.45) is 1.37. The van der Waals surface area contributed by atoms with Crippen LogP contribution in [0.3, 0.4) is 0 Å². The van der Waals surface area contributed by atoms with Crippen LogP contribution in [0.5, 0.6) is 0 Å². The third-order valence-electron chi connectivity index (χ3n) is 3.77. The van der Waals surface area contributed by atoms with Crippen molar-refractivity contribution in [1.29, 1.82) is 0 Å². The zero-order valence-electron chi connectivity index (χ0n) is 13.0. The van der Waals surface area contributed by atoms with E-state index in [0.29, 0.717) is 19.0 Å². The zero-order valence-corrected chi connectivity index (χ0v) is 13.0. The Bertz CT molecular complexity index is 474. The second kappa shape index (κ2) is 7.57. The maximum absolute atomic E-state index is 12.5. The lowest BCUT2D eigenvalue weighted by atomic mass is 10.0. The number of rotatable bonds is 6. The van der Waals surface area contributed by atoms with E-state index >= 15 is 0 Å². The summed E-state index contributed by atoms with van der Waals surface area (Å²) >= 11 is 0. The Morgan fingerprint density at radius 2 is 2.05 bits per heavy atom. The van der Waals surface area contributed by atoms with Gasteiger partial charge in [0.2, 0.25) is 0 Å². The molecule has 0 radical (unpaired) electrons. The number of benzene rings is 1. The number of nitrogens with one attached hydrogen (secondary N) is 1. The van der Waals surface area contributed by atoms with Crippen LogP contribution < -0.4 is 5.32 Å². The molecule has 0 bridgehead atoms. The summed E-state index contributed by atoms with van der Waals surface area (Å²) in [5.74, 6) is 0.606. The largest absolute Gasteiger partial charge is 0.390 e. The van der Waals surface area contributed by atoms with Gasteiger partial charge >= 0.3 is 0 Å². The number of amides is 1. The van der Waals surface area contributed by atoms with Gasteiger partial charge in [0.15, 0.2) is 0 Å². The average Bonchev–Trinajstić information content (AvgIpc) is 2.59. The van der Waals surface area contributed by atoms with Gasteiger partial charge in [-0.25, -0.2) is 0 Å². The molecule has 1 heterocycles. The molecular formula is C17H26N2O2. The fraction of sp³-hybridized carbons (Fsp3) is 0.588. The van der Waals surface area contributed by atoms with Gasteiger partial charge in [-0.3, -0.25) is 4.79 Å². The first kappa shape index (κ1) is 16.0. The lowest BCUT2D eigenvalue weighted by Gasteiger charge is -2.24. The monoisotopic (exact) mass is 290 g/mol. The standard InChI is InChI=1S/C17H26N2O2/c1-13(2)10-18-11-15(20)12-19-9-5-7-14-6-3-4-8-16(14)17(19)21/h3-4,6,8,13,15,18,20H,5,7,9-12H2,1-2H3. The van der Waals surface area contributed by atoms with Crippen LogP contribution in [0.1, 0.15) is 36.2 Å². The van der Waals surface area contributed by atoms with E-state index in [9.17, 15) is 9.90 Å². The predicted octanol–water partition coefficient (Wildman–Crippen LogP) is 1.68. The average molecular weight is 290 g/mol. The van der Waals surface area contributed by atoms with Gasteiger partial charge in [-0.1, -0.05) is 32.0 Å². The molecule has 0 saturated heterocycles. The molecule has 116 valence electrons. The van der Waals surface area contributed by atoms with Gasteiger partial charge < -0.3 is 15.3 Å². The molecule has 0 aliphatic carbocycles. The van der Waals surface area contributed by atoms with E-state index in [1.807, 2.05) is 24.3 Å². The summed E-state index contributed by atoms with van der Waals surface area (Å²) in [7, 11) is 0. The summed E-state index contributed by atoms with van der Waals surface area (Å²) in [6, 6.07) is 7.80. The molecule has 0 saturated carbocycles. The van der Waals surface area contributed by atoms with Crippen LogP contribution in [0, 0.1) is 5.92 Å². The summed E-state index contributed by atoms with van der Waals surface area (Å²) in [5, 5.41) is 13.4. The molecule has 1 aromatic carbocycles. The summed E-state index contributed by atoms with van der Waals surface area (Å²) in [5.41, 5.74) is 1.91. The van der Waals surface area contributed by atoms with Gasteiger partial charge in [0.05, 0.1) is 6.10 Å². The van der Waals surface area contributed by atoms with Gasteiger partial charge in [0.1, 0.15) is 0 Å².